The normalized spacial score (nSPS) is 11.0. The number of aromatic nitrogens is 3. The van der Waals surface area contributed by atoms with Gasteiger partial charge in [-0.15, -0.1) is 0 Å². The second kappa shape index (κ2) is 7.31. The van der Waals surface area contributed by atoms with E-state index in [0.29, 0.717) is 22.1 Å². The van der Waals surface area contributed by atoms with Crippen LogP contribution in [0.4, 0.5) is 0 Å². The number of H-pyrrole nitrogens is 1. The van der Waals surface area contributed by atoms with E-state index >= 15 is 0 Å². The van der Waals surface area contributed by atoms with Crippen molar-refractivity contribution >= 4 is 18.4 Å². The molecule has 128 valence electrons. The number of ether oxygens (including phenoxy) is 2. The van der Waals surface area contributed by atoms with Gasteiger partial charge in [0.2, 0.25) is 4.77 Å². The van der Waals surface area contributed by atoms with Crippen molar-refractivity contribution in [1.29, 1.82) is 0 Å². The summed E-state index contributed by atoms with van der Waals surface area (Å²) in [5.41, 5.74) is 2.93. The van der Waals surface area contributed by atoms with E-state index in [1.807, 2.05) is 49.4 Å². The number of methoxy groups -OCH3 is 2. The largest absolute Gasteiger partial charge is 0.493 e. The molecule has 3 aromatic rings. The first-order chi connectivity index (χ1) is 12.1. The lowest BCUT2D eigenvalue weighted by Gasteiger charge is -2.07. The molecule has 0 aliphatic rings. The zero-order valence-electron chi connectivity index (χ0n) is 14.2. The molecule has 0 fully saturated rings. The molecule has 25 heavy (non-hydrogen) atoms. The van der Waals surface area contributed by atoms with Crippen molar-refractivity contribution in [2.24, 2.45) is 5.10 Å². The zero-order chi connectivity index (χ0) is 17.8. The van der Waals surface area contributed by atoms with Crippen LogP contribution in [0.5, 0.6) is 11.5 Å². The predicted octanol–water partition coefficient (Wildman–Crippen LogP) is 3.82. The summed E-state index contributed by atoms with van der Waals surface area (Å²) in [6.45, 7) is 2.02. The molecule has 6 nitrogen and oxygen atoms in total. The third-order valence-electron chi connectivity index (χ3n) is 3.77. The van der Waals surface area contributed by atoms with Crippen molar-refractivity contribution < 1.29 is 9.47 Å². The number of nitrogens with one attached hydrogen (secondary N) is 1. The van der Waals surface area contributed by atoms with Crippen LogP contribution in [0.2, 0.25) is 0 Å². The smallest absolute Gasteiger partial charge is 0.216 e. The summed E-state index contributed by atoms with van der Waals surface area (Å²) in [5.74, 6) is 1.97. The molecule has 0 aliphatic carbocycles. The molecule has 0 aliphatic heterocycles. The lowest BCUT2D eigenvalue weighted by atomic mass is 10.1. The van der Waals surface area contributed by atoms with Crippen LogP contribution in [0.25, 0.3) is 11.4 Å². The molecular formula is C18H18N4O2S. The fraction of sp³-hybridized carbons (Fsp3) is 0.167. The highest BCUT2D eigenvalue weighted by Crippen LogP contribution is 2.27. The van der Waals surface area contributed by atoms with Gasteiger partial charge in [-0.3, -0.25) is 0 Å². The molecular weight excluding hydrogens is 336 g/mol. The van der Waals surface area contributed by atoms with Crippen molar-refractivity contribution in [2.45, 2.75) is 6.92 Å². The van der Waals surface area contributed by atoms with Crippen LogP contribution in [0, 0.1) is 11.7 Å². The SMILES string of the molecule is COc1ccc(/C=N/n2c(-c3ccccc3C)n[nH]c2=S)cc1OC. The van der Waals surface area contributed by atoms with Crippen molar-refractivity contribution in [3.63, 3.8) is 0 Å². The van der Waals surface area contributed by atoms with Crippen LogP contribution < -0.4 is 9.47 Å². The molecule has 0 saturated heterocycles. The molecule has 1 aromatic heterocycles. The minimum Gasteiger partial charge on any atom is -0.493 e. The minimum absolute atomic E-state index is 0.426. The van der Waals surface area contributed by atoms with Crippen LogP contribution in [0.1, 0.15) is 11.1 Å². The Morgan fingerprint density at radius 1 is 1.12 bits per heavy atom. The molecule has 0 atom stereocenters. The van der Waals surface area contributed by atoms with Gasteiger partial charge in [-0.25, -0.2) is 5.10 Å². The van der Waals surface area contributed by atoms with E-state index in [2.05, 4.69) is 15.3 Å². The molecule has 7 heteroatoms. The summed E-state index contributed by atoms with van der Waals surface area (Å²) in [6.07, 6.45) is 1.70. The van der Waals surface area contributed by atoms with Crippen LogP contribution >= 0.6 is 12.2 Å². The Morgan fingerprint density at radius 3 is 2.60 bits per heavy atom. The van der Waals surface area contributed by atoms with E-state index in [1.165, 1.54) is 0 Å². The van der Waals surface area contributed by atoms with Gasteiger partial charge in [-0.1, -0.05) is 24.3 Å². The second-order valence-electron chi connectivity index (χ2n) is 5.34. The third kappa shape index (κ3) is 3.46. The maximum absolute atomic E-state index is 5.31. The number of hydrogen-bond donors (Lipinski definition) is 1. The molecule has 2 aromatic carbocycles. The molecule has 1 N–H and O–H groups in total. The van der Waals surface area contributed by atoms with Crippen molar-refractivity contribution in [3.8, 4) is 22.9 Å². The van der Waals surface area contributed by atoms with E-state index in [0.717, 1.165) is 16.7 Å². The van der Waals surface area contributed by atoms with Gasteiger partial charge in [0.1, 0.15) is 0 Å². The lowest BCUT2D eigenvalue weighted by Crippen LogP contribution is -1.97. The fourth-order valence-corrected chi connectivity index (χ4v) is 2.63. The maximum Gasteiger partial charge on any atom is 0.216 e. The topological polar surface area (TPSA) is 64.4 Å². The fourth-order valence-electron chi connectivity index (χ4n) is 2.45. The van der Waals surface area contributed by atoms with Gasteiger partial charge in [0, 0.05) is 5.56 Å². The predicted molar refractivity (Wildman–Crippen MR) is 100 cm³/mol. The van der Waals surface area contributed by atoms with Gasteiger partial charge in [0.15, 0.2) is 17.3 Å². The van der Waals surface area contributed by atoms with Gasteiger partial charge in [-0.05, 0) is 48.5 Å². The zero-order valence-corrected chi connectivity index (χ0v) is 15.0. The molecule has 1 heterocycles. The van der Waals surface area contributed by atoms with Gasteiger partial charge in [0.05, 0.1) is 20.4 Å². The Bertz CT molecular complexity index is 975. The molecule has 0 radical (unpaired) electrons. The van der Waals surface area contributed by atoms with E-state index < -0.39 is 0 Å². The Kier molecular flexibility index (Phi) is 4.95. The summed E-state index contributed by atoms with van der Waals surface area (Å²) in [5, 5.41) is 11.6. The number of hydrogen-bond acceptors (Lipinski definition) is 5. The van der Waals surface area contributed by atoms with E-state index in [4.69, 9.17) is 21.7 Å². The molecule has 0 unspecified atom stereocenters. The Morgan fingerprint density at radius 2 is 1.88 bits per heavy atom. The second-order valence-corrected chi connectivity index (χ2v) is 5.72. The van der Waals surface area contributed by atoms with Gasteiger partial charge >= 0.3 is 0 Å². The van der Waals surface area contributed by atoms with Crippen LogP contribution in [0.15, 0.2) is 47.6 Å². The number of benzene rings is 2. The van der Waals surface area contributed by atoms with E-state index in [1.54, 1.807) is 25.1 Å². The molecule has 0 bridgehead atoms. The third-order valence-corrected chi connectivity index (χ3v) is 4.03. The van der Waals surface area contributed by atoms with Gasteiger partial charge < -0.3 is 9.47 Å². The Balaban J connectivity index is 1.99. The highest BCUT2D eigenvalue weighted by Gasteiger charge is 2.10. The van der Waals surface area contributed by atoms with Crippen LogP contribution in [-0.4, -0.2) is 35.3 Å². The standard InChI is InChI=1S/C18H18N4O2S/c1-12-6-4-5-7-14(12)17-20-21-18(25)22(17)19-11-13-8-9-15(23-2)16(10-13)24-3/h4-11H,1-3H3,(H,21,25)/b19-11+. The van der Waals surface area contributed by atoms with E-state index in [-0.39, 0.29) is 0 Å². The Hall–Kier alpha value is -2.93. The maximum atomic E-state index is 5.31. The van der Waals surface area contributed by atoms with Crippen LogP contribution in [-0.2, 0) is 0 Å². The number of aryl methyl sites for hydroxylation is 1. The average Bonchev–Trinajstić information content (AvgIpc) is 3.00. The summed E-state index contributed by atoms with van der Waals surface area (Å²) in [4.78, 5) is 0. The molecule has 0 amide bonds. The van der Waals surface area contributed by atoms with Crippen molar-refractivity contribution in [2.75, 3.05) is 14.2 Å². The first-order valence-corrected chi connectivity index (χ1v) is 8.04. The van der Waals surface area contributed by atoms with Gasteiger partial charge in [-0.2, -0.15) is 14.9 Å². The Labute approximate surface area is 150 Å². The number of aromatic amines is 1. The lowest BCUT2D eigenvalue weighted by molar-refractivity contribution is 0.355. The monoisotopic (exact) mass is 354 g/mol. The minimum atomic E-state index is 0.426. The first kappa shape index (κ1) is 16.9. The summed E-state index contributed by atoms with van der Waals surface area (Å²) in [6, 6.07) is 13.5. The molecule has 0 spiro atoms. The quantitative estimate of drug-likeness (QED) is 0.559. The summed E-state index contributed by atoms with van der Waals surface area (Å²) >= 11 is 5.31. The first-order valence-electron chi connectivity index (χ1n) is 7.64. The van der Waals surface area contributed by atoms with Crippen molar-refractivity contribution in [3.05, 3.63) is 58.4 Å². The highest BCUT2D eigenvalue weighted by molar-refractivity contribution is 7.71. The van der Waals surface area contributed by atoms with Crippen molar-refractivity contribution in [1.82, 2.24) is 14.9 Å². The molecule has 3 rings (SSSR count). The summed E-state index contributed by atoms with van der Waals surface area (Å²) < 4.78 is 12.6. The summed E-state index contributed by atoms with van der Waals surface area (Å²) in [7, 11) is 3.20. The van der Waals surface area contributed by atoms with E-state index in [9.17, 15) is 0 Å². The number of nitrogens with zero attached hydrogens (tertiary/aromatic N) is 3. The highest BCUT2D eigenvalue weighted by atomic mass is 32.1. The molecule has 0 saturated carbocycles. The van der Waals surface area contributed by atoms with Crippen LogP contribution in [0.3, 0.4) is 0 Å². The average molecular weight is 354 g/mol. The number of rotatable bonds is 5. The van der Waals surface area contributed by atoms with Gasteiger partial charge in [0.25, 0.3) is 0 Å².